The maximum absolute atomic E-state index is 12.9. The largest absolute Gasteiger partial charge is 0.467 e. The van der Waals surface area contributed by atoms with Crippen LogP contribution in [0.15, 0.2) is 10.6 Å². The fraction of sp³-hybridized carbons (Fsp3) is 0.667. The van der Waals surface area contributed by atoms with Crippen LogP contribution in [-0.4, -0.2) is 52.8 Å². The molecular weight excluding hydrogens is 288 g/mol. The third-order valence-corrected chi connectivity index (χ3v) is 3.92. The van der Waals surface area contributed by atoms with Crippen LogP contribution in [0, 0.1) is 12.8 Å². The zero-order valence-corrected chi connectivity index (χ0v) is 13.3. The van der Waals surface area contributed by atoms with Gasteiger partial charge in [-0.2, -0.15) is 0 Å². The minimum absolute atomic E-state index is 0.0316. The molecule has 0 unspecified atom stereocenters. The number of nitrogens with zero attached hydrogens (tertiary/aromatic N) is 2. The standard InChI is InChI=1S/C15H22N2O5/c1-8(2)13(12-5-9(3)16-22-12)14(19)17-7-10(18)6-11(17)15(20)21-4/h5,8,10-11,13,18H,6-7H2,1-4H3/t10-,11-,13-/m1/s1. The summed E-state index contributed by atoms with van der Waals surface area (Å²) in [6, 6.07) is 0.972. The van der Waals surface area contributed by atoms with Gasteiger partial charge in [-0.05, 0) is 12.8 Å². The molecule has 2 rings (SSSR count). The van der Waals surface area contributed by atoms with Crippen molar-refractivity contribution in [2.75, 3.05) is 13.7 Å². The van der Waals surface area contributed by atoms with E-state index in [-0.39, 0.29) is 24.8 Å². The lowest BCUT2D eigenvalue weighted by Crippen LogP contribution is -2.44. The SMILES string of the molecule is COC(=O)[C@H]1C[C@@H](O)CN1C(=O)[C@@H](c1cc(C)no1)C(C)C. The first kappa shape index (κ1) is 16.5. The number of aliphatic hydroxyl groups is 1. The van der Waals surface area contributed by atoms with E-state index in [1.807, 2.05) is 13.8 Å². The number of rotatable bonds is 4. The van der Waals surface area contributed by atoms with Gasteiger partial charge < -0.3 is 19.3 Å². The van der Waals surface area contributed by atoms with Crippen LogP contribution < -0.4 is 0 Å². The topological polar surface area (TPSA) is 92.9 Å². The van der Waals surface area contributed by atoms with Crippen molar-refractivity contribution in [1.82, 2.24) is 10.1 Å². The molecule has 0 saturated carbocycles. The van der Waals surface area contributed by atoms with Crippen molar-refractivity contribution in [2.45, 2.75) is 45.3 Å². The van der Waals surface area contributed by atoms with Gasteiger partial charge in [0.2, 0.25) is 5.91 Å². The molecule has 3 atom stereocenters. The molecule has 1 saturated heterocycles. The lowest BCUT2D eigenvalue weighted by atomic mass is 9.91. The number of β-amino-alcohol motifs (C(OH)–C–C–N with tert-alkyl or cyclic N) is 1. The highest BCUT2D eigenvalue weighted by molar-refractivity contribution is 5.89. The van der Waals surface area contributed by atoms with Crippen molar-refractivity contribution in [1.29, 1.82) is 0 Å². The summed E-state index contributed by atoms with van der Waals surface area (Å²) in [4.78, 5) is 26.1. The van der Waals surface area contributed by atoms with Gasteiger partial charge in [-0.15, -0.1) is 0 Å². The molecule has 22 heavy (non-hydrogen) atoms. The van der Waals surface area contributed by atoms with E-state index in [1.54, 1.807) is 13.0 Å². The van der Waals surface area contributed by atoms with Gasteiger partial charge in [-0.25, -0.2) is 4.79 Å². The molecule has 1 aromatic heterocycles. The van der Waals surface area contributed by atoms with Gasteiger partial charge in [0.1, 0.15) is 17.7 Å². The summed E-state index contributed by atoms with van der Waals surface area (Å²) < 4.78 is 9.97. The van der Waals surface area contributed by atoms with E-state index in [2.05, 4.69) is 5.16 Å². The van der Waals surface area contributed by atoms with Crippen LogP contribution in [0.5, 0.6) is 0 Å². The Kier molecular flexibility index (Phi) is 4.85. The third-order valence-electron chi connectivity index (χ3n) is 3.92. The summed E-state index contributed by atoms with van der Waals surface area (Å²) in [7, 11) is 1.27. The van der Waals surface area contributed by atoms with Crippen molar-refractivity contribution >= 4 is 11.9 Å². The summed E-state index contributed by atoms with van der Waals surface area (Å²) in [6.07, 6.45) is -0.532. The molecule has 2 heterocycles. The van der Waals surface area contributed by atoms with Crippen molar-refractivity contribution in [3.8, 4) is 0 Å². The number of likely N-dealkylation sites (tertiary alicyclic amines) is 1. The number of carbonyl (C=O) groups is 2. The molecule has 7 heteroatoms. The lowest BCUT2D eigenvalue weighted by Gasteiger charge is -2.27. The summed E-state index contributed by atoms with van der Waals surface area (Å²) in [5, 5.41) is 13.6. The highest BCUT2D eigenvalue weighted by Crippen LogP contribution is 2.31. The fourth-order valence-electron chi connectivity index (χ4n) is 2.86. The van der Waals surface area contributed by atoms with Crippen LogP contribution in [-0.2, 0) is 14.3 Å². The maximum atomic E-state index is 12.9. The number of carbonyl (C=O) groups excluding carboxylic acids is 2. The molecule has 0 aromatic carbocycles. The molecule has 1 aliphatic heterocycles. The number of aliphatic hydroxyl groups excluding tert-OH is 1. The minimum atomic E-state index is -0.752. The summed E-state index contributed by atoms with van der Waals surface area (Å²) in [5.41, 5.74) is 0.694. The predicted octanol–water partition coefficient (Wildman–Crippen LogP) is 0.857. The van der Waals surface area contributed by atoms with E-state index < -0.39 is 24.0 Å². The number of methoxy groups -OCH3 is 1. The van der Waals surface area contributed by atoms with Crippen molar-refractivity contribution < 1.29 is 24.0 Å². The van der Waals surface area contributed by atoms with Gasteiger partial charge in [-0.1, -0.05) is 19.0 Å². The summed E-state index contributed by atoms with van der Waals surface area (Å²) in [5.74, 6) is -0.865. The monoisotopic (exact) mass is 310 g/mol. The Balaban J connectivity index is 2.28. The van der Waals surface area contributed by atoms with Crippen LogP contribution in [0.3, 0.4) is 0 Å². The Hall–Kier alpha value is -1.89. The molecule has 1 N–H and O–H groups in total. The molecule has 0 bridgehead atoms. The Labute approximate surface area is 129 Å². The summed E-state index contributed by atoms with van der Waals surface area (Å²) in [6.45, 7) is 5.71. The molecule has 7 nitrogen and oxygen atoms in total. The Morgan fingerprint density at radius 1 is 1.50 bits per heavy atom. The van der Waals surface area contributed by atoms with Crippen molar-refractivity contribution in [3.63, 3.8) is 0 Å². The third kappa shape index (κ3) is 3.14. The second-order valence-corrected chi connectivity index (χ2v) is 6.01. The van der Waals surface area contributed by atoms with E-state index >= 15 is 0 Å². The number of aromatic nitrogens is 1. The van der Waals surface area contributed by atoms with Gasteiger partial charge in [0, 0.05) is 19.0 Å². The average Bonchev–Trinajstić information content (AvgIpc) is 3.04. The van der Waals surface area contributed by atoms with Gasteiger partial charge >= 0.3 is 5.97 Å². The first-order valence-electron chi connectivity index (χ1n) is 7.34. The van der Waals surface area contributed by atoms with E-state index in [1.165, 1.54) is 12.0 Å². The highest BCUT2D eigenvalue weighted by atomic mass is 16.5. The number of hydrogen-bond donors (Lipinski definition) is 1. The molecule has 1 amide bonds. The molecule has 1 fully saturated rings. The first-order valence-corrected chi connectivity index (χ1v) is 7.34. The van der Waals surface area contributed by atoms with Crippen molar-refractivity contribution in [2.24, 2.45) is 5.92 Å². The number of hydrogen-bond acceptors (Lipinski definition) is 6. The number of amides is 1. The van der Waals surface area contributed by atoms with Crippen LogP contribution in [0.25, 0.3) is 0 Å². The second-order valence-electron chi connectivity index (χ2n) is 6.01. The molecule has 0 spiro atoms. The van der Waals surface area contributed by atoms with Crippen LogP contribution in [0.1, 0.15) is 37.6 Å². The molecule has 1 aromatic rings. The lowest BCUT2D eigenvalue weighted by molar-refractivity contribution is -0.152. The fourth-order valence-corrected chi connectivity index (χ4v) is 2.86. The van der Waals surface area contributed by atoms with Gasteiger partial charge in [0.15, 0.2) is 0 Å². The maximum Gasteiger partial charge on any atom is 0.328 e. The van der Waals surface area contributed by atoms with E-state index in [4.69, 9.17) is 9.26 Å². The zero-order chi connectivity index (χ0) is 16.4. The van der Waals surface area contributed by atoms with Gasteiger partial charge in [0.25, 0.3) is 0 Å². The van der Waals surface area contributed by atoms with Crippen LogP contribution >= 0.6 is 0 Å². The quantitative estimate of drug-likeness (QED) is 0.829. The summed E-state index contributed by atoms with van der Waals surface area (Å²) >= 11 is 0. The number of esters is 1. The predicted molar refractivity (Wildman–Crippen MR) is 77.0 cm³/mol. The van der Waals surface area contributed by atoms with Crippen molar-refractivity contribution in [3.05, 3.63) is 17.5 Å². The van der Waals surface area contributed by atoms with Crippen LogP contribution in [0.2, 0.25) is 0 Å². The smallest absolute Gasteiger partial charge is 0.328 e. The Morgan fingerprint density at radius 2 is 2.18 bits per heavy atom. The van der Waals surface area contributed by atoms with E-state index in [0.29, 0.717) is 11.5 Å². The molecule has 0 radical (unpaired) electrons. The molecular formula is C15H22N2O5. The average molecular weight is 310 g/mol. The molecule has 122 valence electrons. The first-order chi connectivity index (χ1) is 10.3. The minimum Gasteiger partial charge on any atom is -0.467 e. The Morgan fingerprint density at radius 3 is 2.68 bits per heavy atom. The molecule has 0 aliphatic carbocycles. The van der Waals surface area contributed by atoms with E-state index in [0.717, 1.165) is 0 Å². The zero-order valence-electron chi connectivity index (χ0n) is 13.3. The highest BCUT2D eigenvalue weighted by Gasteiger charge is 2.43. The van der Waals surface area contributed by atoms with Crippen LogP contribution in [0.4, 0.5) is 0 Å². The second kappa shape index (κ2) is 6.48. The molecule has 1 aliphatic rings. The van der Waals surface area contributed by atoms with Gasteiger partial charge in [-0.3, -0.25) is 4.79 Å². The number of ether oxygens (including phenoxy) is 1. The van der Waals surface area contributed by atoms with Gasteiger partial charge in [0.05, 0.1) is 18.9 Å². The Bertz CT molecular complexity index is 554. The van der Waals surface area contributed by atoms with E-state index in [9.17, 15) is 14.7 Å². The normalized spacial score (nSPS) is 22.9. The number of aryl methyl sites for hydroxylation is 1.